The standard InChI is InChI=1S/C31H33N4O7P/c1-21(36)35(29(30(33)37)18-22-11-15-26(16-12-22)42-43(39,40)41)28-8-4-5-17-34(31(28)38)20-23-9-13-24(14-10-23)27-7-3-2-6-25(27)19-32/h2-3,6-7,9-16,28-29H,4-5,8,17-18,20H2,1H3,(H2,33,37)(H2,39,40,41)/t28-,29-/m0/s1. The number of benzene rings is 3. The van der Waals surface area contributed by atoms with Crippen LogP contribution in [0, 0.1) is 11.3 Å². The van der Waals surface area contributed by atoms with Crippen molar-refractivity contribution >= 4 is 25.5 Å². The summed E-state index contributed by atoms with van der Waals surface area (Å²) in [5.74, 6) is -1.58. The highest BCUT2D eigenvalue weighted by molar-refractivity contribution is 7.46. The van der Waals surface area contributed by atoms with E-state index in [0.29, 0.717) is 37.1 Å². The van der Waals surface area contributed by atoms with E-state index in [0.717, 1.165) is 23.1 Å². The first-order chi connectivity index (χ1) is 20.5. The Morgan fingerprint density at radius 1 is 1.07 bits per heavy atom. The van der Waals surface area contributed by atoms with Crippen LogP contribution in [-0.2, 0) is 31.9 Å². The lowest BCUT2D eigenvalue weighted by Crippen LogP contribution is -2.57. The van der Waals surface area contributed by atoms with Gasteiger partial charge in [-0.2, -0.15) is 5.26 Å². The zero-order chi connectivity index (χ0) is 31.1. The number of primary amides is 1. The van der Waals surface area contributed by atoms with Gasteiger partial charge in [-0.3, -0.25) is 24.2 Å². The predicted molar refractivity (Wildman–Crippen MR) is 158 cm³/mol. The van der Waals surface area contributed by atoms with E-state index in [1.165, 1.54) is 36.1 Å². The van der Waals surface area contributed by atoms with Crippen LogP contribution in [0.3, 0.4) is 0 Å². The quantitative estimate of drug-likeness (QED) is 0.295. The summed E-state index contributed by atoms with van der Waals surface area (Å²) in [4.78, 5) is 60.5. The minimum atomic E-state index is -4.74. The van der Waals surface area contributed by atoms with Crippen molar-refractivity contribution in [2.45, 2.75) is 51.2 Å². The van der Waals surface area contributed by atoms with Crippen molar-refractivity contribution in [3.63, 3.8) is 0 Å². The topological polar surface area (TPSA) is 174 Å². The first-order valence-corrected chi connectivity index (χ1v) is 15.3. The summed E-state index contributed by atoms with van der Waals surface area (Å²) in [6, 6.07) is 20.8. The molecule has 0 spiro atoms. The van der Waals surface area contributed by atoms with Crippen LogP contribution >= 0.6 is 7.82 Å². The molecule has 12 heteroatoms. The normalized spacial score (nSPS) is 16.1. The van der Waals surface area contributed by atoms with Crippen LogP contribution in [-0.4, -0.2) is 55.9 Å². The molecular formula is C31H33N4O7P. The second-order valence-electron chi connectivity index (χ2n) is 10.4. The van der Waals surface area contributed by atoms with Gasteiger partial charge in [0.1, 0.15) is 17.8 Å². The molecule has 0 unspecified atom stereocenters. The van der Waals surface area contributed by atoms with Crippen LogP contribution in [0.1, 0.15) is 42.9 Å². The number of phosphoric ester groups is 1. The molecule has 3 amide bonds. The van der Waals surface area contributed by atoms with Gasteiger partial charge in [0.25, 0.3) is 0 Å². The summed E-state index contributed by atoms with van der Waals surface area (Å²) >= 11 is 0. The van der Waals surface area contributed by atoms with E-state index < -0.39 is 31.7 Å². The maximum Gasteiger partial charge on any atom is 0.524 e. The summed E-state index contributed by atoms with van der Waals surface area (Å²) < 4.78 is 15.7. The molecule has 1 aliphatic rings. The first-order valence-electron chi connectivity index (χ1n) is 13.8. The van der Waals surface area contributed by atoms with Crippen LogP contribution < -0.4 is 10.3 Å². The lowest BCUT2D eigenvalue weighted by atomic mass is 9.99. The molecule has 1 fully saturated rings. The van der Waals surface area contributed by atoms with E-state index in [1.807, 2.05) is 42.5 Å². The summed E-state index contributed by atoms with van der Waals surface area (Å²) in [6.07, 6.45) is 1.77. The molecular weight excluding hydrogens is 571 g/mol. The molecule has 0 bridgehead atoms. The van der Waals surface area contributed by atoms with Crippen LogP contribution in [0.4, 0.5) is 0 Å². The largest absolute Gasteiger partial charge is 0.524 e. The van der Waals surface area contributed by atoms with Crippen molar-refractivity contribution in [3.8, 4) is 22.9 Å². The van der Waals surface area contributed by atoms with E-state index in [9.17, 15) is 24.2 Å². The van der Waals surface area contributed by atoms with Gasteiger partial charge in [-0.1, -0.05) is 54.6 Å². The fraction of sp³-hybridized carbons (Fsp3) is 0.290. The molecule has 224 valence electrons. The molecule has 43 heavy (non-hydrogen) atoms. The van der Waals surface area contributed by atoms with E-state index in [4.69, 9.17) is 15.5 Å². The van der Waals surface area contributed by atoms with Gasteiger partial charge >= 0.3 is 7.82 Å². The molecule has 11 nitrogen and oxygen atoms in total. The van der Waals surface area contributed by atoms with E-state index in [2.05, 4.69) is 10.6 Å². The Kier molecular flexibility index (Phi) is 9.99. The molecule has 0 saturated carbocycles. The molecule has 3 aromatic rings. The third-order valence-corrected chi connectivity index (χ3v) is 7.83. The molecule has 0 aliphatic carbocycles. The first kappa shape index (κ1) is 31.4. The number of nitriles is 1. The van der Waals surface area contributed by atoms with E-state index in [-0.39, 0.29) is 18.1 Å². The Morgan fingerprint density at radius 3 is 2.33 bits per heavy atom. The Labute approximate surface area is 249 Å². The number of nitrogens with zero attached hydrogens (tertiary/aromatic N) is 3. The molecule has 4 N–H and O–H groups in total. The highest BCUT2D eigenvalue weighted by Gasteiger charge is 2.39. The predicted octanol–water partition coefficient (Wildman–Crippen LogP) is 3.52. The summed E-state index contributed by atoms with van der Waals surface area (Å²) in [6.45, 7) is 2.10. The number of nitrogens with two attached hydrogens (primary N) is 1. The van der Waals surface area contributed by atoms with Crippen LogP contribution in [0.15, 0.2) is 72.8 Å². The number of amides is 3. The van der Waals surface area contributed by atoms with E-state index >= 15 is 0 Å². The molecule has 0 radical (unpaired) electrons. The fourth-order valence-electron chi connectivity index (χ4n) is 5.38. The van der Waals surface area contributed by atoms with Crippen molar-refractivity contribution in [1.82, 2.24) is 9.80 Å². The Morgan fingerprint density at radius 2 is 1.72 bits per heavy atom. The average Bonchev–Trinajstić information content (AvgIpc) is 3.14. The molecule has 4 rings (SSSR count). The van der Waals surface area contributed by atoms with Gasteiger partial charge in [0.15, 0.2) is 0 Å². The third-order valence-electron chi connectivity index (χ3n) is 7.38. The van der Waals surface area contributed by atoms with Crippen LogP contribution in [0.25, 0.3) is 11.1 Å². The second-order valence-corrected chi connectivity index (χ2v) is 11.6. The lowest BCUT2D eigenvalue weighted by Gasteiger charge is -2.36. The fourth-order valence-corrected chi connectivity index (χ4v) is 5.78. The highest BCUT2D eigenvalue weighted by atomic mass is 31.2. The SMILES string of the molecule is CC(=O)N([C@@H](Cc1ccc(OP(=O)(O)O)cc1)C(N)=O)[C@H]1CCCCN(Cc2ccc(-c3ccccc3C#N)cc2)C1=O. The minimum absolute atomic E-state index is 0.000513. The second kappa shape index (κ2) is 13.7. The average molecular weight is 605 g/mol. The van der Waals surface area contributed by atoms with Crippen molar-refractivity contribution in [2.24, 2.45) is 5.73 Å². The molecule has 1 aliphatic heterocycles. The van der Waals surface area contributed by atoms with Crippen molar-refractivity contribution in [2.75, 3.05) is 6.54 Å². The number of likely N-dealkylation sites (tertiary alicyclic amines) is 1. The molecule has 3 aromatic carbocycles. The number of hydrogen-bond acceptors (Lipinski definition) is 6. The maximum atomic E-state index is 13.9. The minimum Gasteiger partial charge on any atom is -0.404 e. The van der Waals surface area contributed by atoms with Gasteiger partial charge in [-0.05, 0) is 59.7 Å². The van der Waals surface area contributed by atoms with Gasteiger partial charge in [0, 0.05) is 26.4 Å². The van der Waals surface area contributed by atoms with Crippen molar-refractivity contribution in [3.05, 3.63) is 89.5 Å². The molecule has 0 aromatic heterocycles. The zero-order valence-electron chi connectivity index (χ0n) is 23.6. The summed E-state index contributed by atoms with van der Waals surface area (Å²) in [7, 11) is -4.74. The van der Waals surface area contributed by atoms with Gasteiger partial charge in [-0.25, -0.2) is 4.57 Å². The number of phosphoric acid groups is 1. The third kappa shape index (κ3) is 8.08. The van der Waals surface area contributed by atoms with Gasteiger partial charge < -0.3 is 20.1 Å². The van der Waals surface area contributed by atoms with E-state index in [1.54, 1.807) is 11.0 Å². The Balaban J connectivity index is 1.53. The van der Waals surface area contributed by atoms with Crippen LogP contribution in [0.2, 0.25) is 0 Å². The Bertz CT molecular complexity index is 1560. The number of carbonyl (C=O) groups is 3. The van der Waals surface area contributed by atoms with Crippen LogP contribution in [0.5, 0.6) is 5.75 Å². The van der Waals surface area contributed by atoms with Gasteiger partial charge in [0.2, 0.25) is 17.7 Å². The number of hydrogen-bond donors (Lipinski definition) is 3. The molecule has 1 saturated heterocycles. The van der Waals surface area contributed by atoms with Crippen molar-refractivity contribution in [1.29, 1.82) is 5.26 Å². The number of carbonyl (C=O) groups excluding carboxylic acids is 3. The zero-order valence-corrected chi connectivity index (χ0v) is 24.5. The van der Waals surface area contributed by atoms with Gasteiger partial charge in [0.05, 0.1) is 11.6 Å². The summed E-state index contributed by atoms with van der Waals surface area (Å²) in [5.41, 5.74) is 9.48. The molecule has 1 heterocycles. The summed E-state index contributed by atoms with van der Waals surface area (Å²) in [5, 5.41) is 9.44. The molecule has 2 atom stereocenters. The number of rotatable bonds is 10. The maximum absolute atomic E-state index is 13.9. The van der Waals surface area contributed by atoms with Crippen molar-refractivity contribution < 1.29 is 33.3 Å². The monoisotopic (exact) mass is 604 g/mol. The Hall–Kier alpha value is -4.49. The van der Waals surface area contributed by atoms with Gasteiger partial charge in [-0.15, -0.1) is 0 Å². The smallest absolute Gasteiger partial charge is 0.404 e. The highest BCUT2D eigenvalue weighted by Crippen LogP contribution is 2.37. The lowest BCUT2D eigenvalue weighted by molar-refractivity contribution is -0.149.